The number of fused-ring (bicyclic) bond motifs is 3. The lowest BCUT2D eigenvalue weighted by Crippen LogP contribution is -2.40. The van der Waals surface area contributed by atoms with Gasteiger partial charge in [0.2, 0.25) is 0 Å². The average Bonchev–Trinajstić information content (AvgIpc) is 2.82. The minimum atomic E-state index is -0.578. The van der Waals surface area contributed by atoms with Crippen LogP contribution in [-0.2, 0) is 29.1 Å². The molecule has 0 saturated carbocycles. The number of rotatable bonds is 1. The molecule has 0 bridgehead atoms. The third-order valence-corrected chi connectivity index (χ3v) is 4.13. The molecule has 1 unspecified atom stereocenters. The molecule has 0 fully saturated rings. The Morgan fingerprint density at radius 3 is 2.80 bits per heavy atom. The number of aliphatic hydroxyl groups is 1. The second kappa shape index (κ2) is 6.30. The Hall–Kier alpha value is -2.13. The molecule has 1 N–H and O–H groups in total. The van der Waals surface area contributed by atoms with E-state index < -0.39 is 17.8 Å². The van der Waals surface area contributed by atoms with Crippen LogP contribution in [0.2, 0.25) is 0 Å². The van der Waals surface area contributed by atoms with E-state index >= 15 is 0 Å². The standard InChI is InChI=1S/C16H24N4O5/c1-16(2,3)24-15(23)19-6-5-12-11(8-19)13-14(22)18(4)25-10(9-21)7-20(13)17-12/h10,21H,5-9H2,1-4H3. The predicted octanol–water partition coefficient (Wildman–Crippen LogP) is 0.554. The van der Waals surface area contributed by atoms with E-state index in [1.165, 1.54) is 7.05 Å². The smallest absolute Gasteiger partial charge is 0.410 e. The Labute approximate surface area is 146 Å². The molecule has 0 saturated heterocycles. The molecule has 9 nitrogen and oxygen atoms in total. The molecular weight excluding hydrogens is 328 g/mol. The van der Waals surface area contributed by atoms with Gasteiger partial charge in [-0.2, -0.15) is 5.10 Å². The van der Waals surface area contributed by atoms with Crippen molar-refractivity contribution in [3.63, 3.8) is 0 Å². The second-order valence-corrected chi connectivity index (χ2v) is 7.32. The molecule has 2 aliphatic heterocycles. The number of aromatic nitrogens is 2. The van der Waals surface area contributed by atoms with Gasteiger partial charge in [-0.15, -0.1) is 0 Å². The van der Waals surface area contributed by atoms with Crippen molar-refractivity contribution in [2.24, 2.45) is 0 Å². The van der Waals surface area contributed by atoms with E-state index in [-0.39, 0.29) is 25.6 Å². The Kier molecular flexibility index (Phi) is 4.46. The number of carbonyl (C=O) groups is 2. The fourth-order valence-electron chi connectivity index (χ4n) is 3.02. The summed E-state index contributed by atoms with van der Waals surface area (Å²) in [5.74, 6) is -0.337. The molecule has 2 aliphatic rings. The molecule has 1 atom stereocenters. The van der Waals surface area contributed by atoms with Gasteiger partial charge in [0, 0.05) is 25.6 Å². The number of nitrogens with zero attached hydrogens (tertiary/aromatic N) is 4. The van der Waals surface area contributed by atoms with Crippen molar-refractivity contribution in [1.29, 1.82) is 0 Å². The molecule has 2 amide bonds. The Morgan fingerprint density at radius 1 is 1.44 bits per heavy atom. The highest BCUT2D eigenvalue weighted by atomic mass is 16.7. The van der Waals surface area contributed by atoms with Gasteiger partial charge in [0.25, 0.3) is 5.91 Å². The molecule has 9 heteroatoms. The Balaban J connectivity index is 1.89. The monoisotopic (exact) mass is 352 g/mol. The first kappa shape index (κ1) is 17.7. The molecule has 0 aliphatic carbocycles. The van der Waals surface area contributed by atoms with Crippen molar-refractivity contribution in [2.45, 2.75) is 52.0 Å². The van der Waals surface area contributed by atoms with Gasteiger partial charge in [-0.1, -0.05) is 0 Å². The summed E-state index contributed by atoms with van der Waals surface area (Å²) < 4.78 is 7.01. The highest BCUT2D eigenvalue weighted by Gasteiger charge is 2.36. The van der Waals surface area contributed by atoms with Crippen LogP contribution >= 0.6 is 0 Å². The van der Waals surface area contributed by atoms with Crippen molar-refractivity contribution in [3.8, 4) is 0 Å². The molecule has 3 rings (SSSR count). The van der Waals surface area contributed by atoms with E-state index in [9.17, 15) is 14.7 Å². The summed E-state index contributed by atoms with van der Waals surface area (Å²) >= 11 is 0. The fraction of sp³-hybridized carbons (Fsp3) is 0.688. The van der Waals surface area contributed by atoms with Crippen molar-refractivity contribution in [1.82, 2.24) is 19.7 Å². The van der Waals surface area contributed by atoms with Gasteiger partial charge in [0.1, 0.15) is 17.4 Å². The predicted molar refractivity (Wildman–Crippen MR) is 86.6 cm³/mol. The maximum absolute atomic E-state index is 12.7. The first-order valence-electron chi connectivity index (χ1n) is 8.31. The van der Waals surface area contributed by atoms with E-state index in [1.54, 1.807) is 9.58 Å². The molecule has 0 radical (unpaired) electrons. The third kappa shape index (κ3) is 3.47. The van der Waals surface area contributed by atoms with E-state index in [4.69, 9.17) is 9.57 Å². The topological polar surface area (TPSA) is 97.1 Å². The summed E-state index contributed by atoms with van der Waals surface area (Å²) in [7, 11) is 1.51. The van der Waals surface area contributed by atoms with E-state index in [0.717, 1.165) is 16.3 Å². The third-order valence-electron chi connectivity index (χ3n) is 4.13. The SMILES string of the molecule is CN1OC(CO)Cn2nc3c(c2C1=O)CN(C(=O)OC(C)(C)C)CC3. The summed E-state index contributed by atoms with van der Waals surface area (Å²) in [5.41, 5.74) is 1.35. The van der Waals surface area contributed by atoms with Gasteiger partial charge in [-0.3, -0.25) is 14.3 Å². The van der Waals surface area contributed by atoms with Gasteiger partial charge in [0.05, 0.1) is 25.4 Å². The lowest BCUT2D eigenvalue weighted by atomic mass is 10.1. The summed E-state index contributed by atoms with van der Waals surface area (Å²) in [6.45, 7) is 6.27. The zero-order valence-electron chi connectivity index (χ0n) is 15.0. The van der Waals surface area contributed by atoms with Crippen LogP contribution in [0, 0.1) is 0 Å². The number of hydrogen-bond donors (Lipinski definition) is 1. The summed E-state index contributed by atoms with van der Waals surface area (Å²) in [6, 6.07) is 0. The molecular formula is C16H24N4O5. The summed E-state index contributed by atoms with van der Waals surface area (Å²) in [6.07, 6.45) is -0.397. The zero-order valence-corrected chi connectivity index (χ0v) is 15.0. The largest absolute Gasteiger partial charge is 0.444 e. The van der Waals surface area contributed by atoms with Gasteiger partial charge in [-0.05, 0) is 20.8 Å². The minimum absolute atomic E-state index is 0.217. The number of ether oxygens (including phenoxy) is 1. The molecule has 0 aromatic carbocycles. The number of aliphatic hydroxyl groups excluding tert-OH is 1. The minimum Gasteiger partial charge on any atom is -0.444 e. The molecule has 25 heavy (non-hydrogen) atoms. The van der Waals surface area contributed by atoms with Crippen LogP contribution in [0.4, 0.5) is 4.79 Å². The molecule has 138 valence electrons. The Bertz CT molecular complexity index is 693. The molecule has 1 aromatic rings. The van der Waals surface area contributed by atoms with Crippen LogP contribution in [0.1, 0.15) is 42.5 Å². The van der Waals surface area contributed by atoms with Gasteiger partial charge in [0.15, 0.2) is 0 Å². The highest BCUT2D eigenvalue weighted by molar-refractivity contribution is 5.94. The zero-order chi connectivity index (χ0) is 18.4. The summed E-state index contributed by atoms with van der Waals surface area (Å²) in [4.78, 5) is 32.0. The van der Waals surface area contributed by atoms with Crippen LogP contribution < -0.4 is 0 Å². The number of carbonyl (C=O) groups excluding carboxylic acids is 2. The van der Waals surface area contributed by atoms with E-state index in [1.807, 2.05) is 20.8 Å². The van der Waals surface area contributed by atoms with Gasteiger partial charge < -0.3 is 14.7 Å². The lowest BCUT2D eigenvalue weighted by Gasteiger charge is -2.30. The van der Waals surface area contributed by atoms with Crippen molar-refractivity contribution >= 4 is 12.0 Å². The maximum atomic E-state index is 12.7. The van der Waals surface area contributed by atoms with Crippen molar-refractivity contribution < 1.29 is 24.3 Å². The second-order valence-electron chi connectivity index (χ2n) is 7.32. The van der Waals surface area contributed by atoms with E-state index in [0.29, 0.717) is 18.7 Å². The lowest BCUT2D eigenvalue weighted by molar-refractivity contribution is -0.159. The Morgan fingerprint density at radius 2 is 2.16 bits per heavy atom. The van der Waals surface area contributed by atoms with Crippen LogP contribution in [0.25, 0.3) is 0 Å². The van der Waals surface area contributed by atoms with Gasteiger partial charge >= 0.3 is 6.09 Å². The summed E-state index contributed by atoms with van der Waals surface area (Å²) in [5, 5.41) is 15.0. The quantitative estimate of drug-likeness (QED) is 0.793. The number of hydroxylamine groups is 2. The molecule has 3 heterocycles. The van der Waals surface area contributed by atoms with Crippen LogP contribution in [0.3, 0.4) is 0 Å². The van der Waals surface area contributed by atoms with Crippen LogP contribution in [-0.4, -0.2) is 68.8 Å². The van der Waals surface area contributed by atoms with Crippen molar-refractivity contribution in [3.05, 3.63) is 17.0 Å². The molecule has 1 aromatic heterocycles. The highest BCUT2D eigenvalue weighted by Crippen LogP contribution is 2.27. The van der Waals surface area contributed by atoms with Gasteiger partial charge in [-0.25, -0.2) is 9.86 Å². The first-order chi connectivity index (χ1) is 11.7. The maximum Gasteiger partial charge on any atom is 0.410 e. The normalized spacial score (nSPS) is 20.8. The van der Waals surface area contributed by atoms with Crippen molar-refractivity contribution in [2.75, 3.05) is 20.2 Å². The van der Waals surface area contributed by atoms with E-state index in [2.05, 4.69) is 5.10 Å². The van der Waals surface area contributed by atoms with Crippen LogP contribution in [0.5, 0.6) is 0 Å². The number of hydrogen-bond acceptors (Lipinski definition) is 6. The number of amides is 2. The first-order valence-corrected chi connectivity index (χ1v) is 8.31. The average molecular weight is 352 g/mol. The molecule has 0 spiro atoms. The fourth-order valence-corrected chi connectivity index (χ4v) is 3.02. The van der Waals surface area contributed by atoms with Crippen LogP contribution in [0.15, 0.2) is 0 Å².